The maximum absolute atomic E-state index is 6.04. The summed E-state index contributed by atoms with van der Waals surface area (Å²) in [6, 6.07) is 14.4. The Balaban J connectivity index is 1.08. The number of nitrogens with zero attached hydrogens (tertiary/aromatic N) is 8. The third kappa shape index (κ3) is 5.92. The van der Waals surface area contributed by atoms with Crippen molar-refractivity contribution in [2.24, 2.45) is 7.05 Å². The molecule has 0 saturated carbocycles. The molecule has 1 fully saturated rings. The van der Waals surface area contributed by atoms with E-state index in [2.05, 4.69) is 66.5 Å². The van der Waals surface area contributed by atoms with E-state index in [0.717, 1.165) is 78.0 Å². The van der Waals surface area contributed by atoms with Crippen molar-refractivity contribution in [3.05, 3.63) is 79.1 Å². The quantitative estimate of drug-likeness (QED) is 0.314. The number of nitrogens with one attached hydrogen (secondary N) is 1. The van der Waals surface area contributed by atoms with Crippen molar-refractivity contribution in [1.82, 2.24) is 38.9 Å². The first-order valence-electron chi connectivity index (χ1n) is 13.3. The fourth-order valence-corrected chi connectivity index (χ4v) is 4.78. The summed E-state index contributed by atoms with van der Waals surface area (Å²) in [5.41, 5.74) is 5.94. The summed E-state index contributed by atoms with van der Waals surface area (Å²) in [6.45, 7) is 6.68. The van der Waals surface area contributed by atoms with Crippen LogP contribution in [0.4, 0.5) is 5.82 Å². The average Bonchev–Trinajstić information content (AvgIpc) is 3.59. The minimum atomic E-state index is 0.658. The number of pyridine rings is 1. The predicted octanol–water partition coefficient (Wildman–Crippen LogP) is 3.43. The monoisotopic (exact) mass is 523 g/mol. The van der Waals surface area contributed by atoms with Gasteiger partial charge in [0.2, 0.25) is 0 Å². The maximum Gasteiger partial charge on any atom is 0.140 e. The molecule has 0 aliphatic carbocycles. The molecule has 0 unspecified atom stereocenters. The molecule has 10 heteroatoms. The lowest BCUT2D eigenvalue weighted by Gasteiger charge is -2.32. The molecule has 10 nitrogen and oxygen atoms in total. The van der Waals surface area contributed by atoms with Crippen LogP contribution in [0.25, 0.3) is 28.2 Å². The van der Waals surface area contributed by atoms with Gasteiger partial charge in [-0.1, -0.05) is 24.3 Å². The maximum atomic E-state index is 6.04. The molecular formula is C29H33N9O. The Labute approximate surface area is 227 Å². The smallest absolute Gasteiger partial charge is 0.140 e. The number of aromatic nitrogens is 6. The number of rotatable bonds is 9. The highest BCUT2D eigenvalue weighted by molar-refractivity contribution is 5.64. The van der Waals surface area contributed by atoms with E-state index < -0.39 is 0 Å². The summed E-state index contributed by atoms with van der Waals surface area (Å²) in [7, 11) is 4.10. The zero-order chi connectivity index (χ0) is 26.6. The molecule has 1 aliphatic rings. The van der Waals surface area contributed by atoms with E-state index in [0.29, 0.717) is 13.2 Å². The van der Waals surface area contributed by atoms with Crippen LogP contribution in [-0.4, -0.2) is 85.3 Å². The molecule has 4 aromatic heterocycles. The van der Waals surface area contributed by atoms with Gasteiger partial charge in [-0.15, -0.1) is 0 Å². The van der Waals surface area contributed by atoms with Crippen LogP contribution >= 0.6 is 0 Å². The minimum Gasteiger partial charge on any atom is -0.492 e. The number of aryl methyl sites for hydroxylation is 1. The van der Waals surface area contributed by atoms with E-state index in [9.17, 15) is 0 Å². The third-order valence-corrected chi connectivity index (χ3v) is 7.15. The van der Waals surface area contributed by atoms with Gasteiger partial charge in [0.25, 0.3) is 0 Å². The van der Waals surface area contributed by atoms with Crippen molar-refractivity contribution in [2.75, 3.05) is 51.7 Å². The molecule has 1 saturated heterocycles. The largest absolute Gasteiger partial charge is 0.492 e. The summed E-state index contributed by atoms with van der Waals surface area (Å²) < 4.78 is 9.87. The zero-order valence-corrected chi connectivity index (χ0v) is 22.4. The van der Waals surface area contributed by atoms with Crippen molar-refractivity contribution in [3.63, 3.8) is 0 Å². The first-order chi connectivity index (χ1) is 19.1. The van der Waals surface area contributed by atoms with E-state index in [1.54, 1.807) is 6.33 Å². The molecule has 0 spiro atoms. The standard InChI is InChI=1S/C29H33N9O/c1-35-9-11-37(12-10-35)13-14-39-25-7-8-38-27(19-31-29(38)15-25)26-16-28(33-21-32-26)30-17-22-3-5-23(6-4-22)24-18-34-36(2)20-24/h3-8,15-16,18-21H,9-14,17H2,1-2H3,(H,30,32,33). The summed E-state index contributed by atoms with van der Waals surface area (Å²) in [6.07, 6.45) is 9.30. The van der Waals surface area contributed by atoms with Gasteiger partial charge in [0, 0.05) is 76.4 Å². The molecule has 1 aliphatic heterocycles. The van der Waals surface area contributed by atoms with E-state index in [4.69, 9.17) is 4.74 Å². The molecule has 200 valence electrons. The Morgan fingerprint density at radius 2 is 1.74 bits per heavy atom. The second kappa shape index (κ2) is 11.2. The SMILES string of the molecule is CN1CCN(CCOc2ccn3c(-c4cc(NCc5ccc(-c6cnn(C)c6)cc5)ncn4)cnc3c2)CC1. The fraction of sp³-hybridized carbons (Fsp3) is 0.310. The number of anilines is 1. The summed E-state index contributed by atoms with van der Waals surface area (Å²) in [5.74, 6) is 1.59. The van der Waals surface area contributed by atoms with Crippen molar-refractivity contribution >= 4 is 11.5 Å². The summed E-state index contributed by atoms with van der Waals surface area (Å²) in [4.78, 5) is 18.3. The van der Waals surface area contributed by atoms with Crippen LogP contribution in [0.5, 0.6) is 5.75 Å². The van der Waals surface area contributed by atoms with Crippen LogP contribution in [-0.2, 0) is 13.6 Å². The lowest BCUT2D eigenvalue weighted by molar-refractivity contribution is 0.134. The highest BCUT2D eigenvalue weighted by Gasteiger charge is 2.14. The van der Waals surface area contributed by atoms with Crippen LogP contribution in [0.3, 0.4) is 0 Å². The van der Waals surface area contributed by atoms with Crippen LogP contribution in [0.2, 0.25) is 0 Å². The number of hydrogen-bond donors (Lipinski definition) is 1. The van der Waals surface area contributed by atoms with E-state index in [1.165, 1.54) is 0 Å². The van der Waals surface area contributed by atoms with Gasteiger partial charge >= 0.3 is 0 Å². The van der Waals surface area contributed by atoms with Crippen LogP contribution in [0.15, 0.2) is 73.6 Å². The first kappa shape index (κ1) is 25.0. The zero-order valence-electron chi connectivity index (χ0n) is 22.4. The number of piperazine rings is 1. The third-order valence-electron chi connectivity index (χ3n) is 7.15. The molecule has 1 N–H and O–H groups in total. The number of likely N-dealkylation sites (N-methyl/N-ethyl adjacent to an activating group) is 1. The van der Waals surface area contributed by atoms with Gasteiger partial charge in [-0.05, 0) is 24.2 Å². The van der Waals surface area contributed by atoms with Crippen LogP contribution in [0.1, 0.15) is 5.56 Å². The normalized spacial score (nSPS) is 14.6. The van der Waals surface area contributed by atoms with Gasteiger partial charge in [0.15, 0.2) is 0 Å². The lowest BCUT2D eigenvalue weighted by Crippen LogP contribution is -2.45. The second-order valence-electron chi connectivity index (χ2n) is 9.97. The van der Waals surface area contributed by atoms with E-state index >= 15 is 0 Å². The average molecular weight is 524 g/mol. The molecular weight excluding hydrogens is 490 g/mol. The topological polar surface area (TPSA) is 88.6 Å². The van der Waals surface area contributed by atoms with Gasteiger partial charge in [0.05, 0.1) is 23.8 Å². The van der Waals surface area contributed by atoms with Gasteiger partial charge in [-0.3, -0.25) is 14.0 Å². The molecule has 0 bridgehead atoms. The minimum absolute atomic E-state index is 0.658. The fourth-order valence-electron chi connectivity index (χ4n) is 4.78. The Kier molecular flexibility index (Phi) is 7.20. The molecule has 0 amide bonds. The Hall–Kier alpha value is -4.28. The predicted molar refractivity (Wildman–Crippen MR) is 152 cm³/mol. The van der Waals surface area contributed by atoms with E-state index in [1.807, 2.05) is 59.1 Å². The molecule has 0 radical (unpaired) electrons. The van der Waals surface area contributed by atoms with Crippen LogP contribution in [0, 0.1) is 0 Å². The van der Waals surface area contributed by atoms with Crippen molar-refractivity contribution < 1.29 is 4.74 Å². The van der Waals surface area contributed by atoms with E-state index in [-0.39, 0.29) is 0 Å². The second-order valence-corrected chi connectivity index (χ2v) is 9.97. The number of imidazole rings is 1. The first-order valence-corrected chi connectivity index (χ1v) is 13.3. The van der Waals surface area contributed by atoms with Crippen molar-refractivity contribution in [1.29, 1.82) is 0 Å². The Morgan fingerprint density at radius 1 is 0.897 bits per heavy atom. The number of hydrogen-bond acceptors (Lipinski definition) is 8. The highest BCUT2D eigenvalue weighted by atomic mass is 16.5. The molecule has 6 rings (SSSR count). The van der Waals surface area contributed by atoms with Gasteiger partial charge in [-0.2, -0.15) is 5.10 Å². The number of benzene rings is 1. The molecule has 0 atom stereocenters. The van der Waals surface area contributed by atoms with Gasteiger partial charge < -0.3 is 15.0 Å². The summed E-state index contributed by atoms with van der Waals surface area (Å²) >= 11 is 0. The lowest BCUT2D eigenvalue weighted by atomic mass is 10.1. The van der Waals surface area contributed by atoms with Gasteiger partial charge in [0.1, 0.15) is 30.1 Å². The van der Waals surface area contributed by atoms with Crippen molar-refractivity contribution in [2.45, 2.75) is 6.54 Å². The Bertz CT molecular complexity index is 1530. The van der Waals surface area contributed by atoms with Crippen molar-refractivity contribution in [3.8, 4) is 28.3 Å². The van der Waals surface area contributed by atoms with Gasteiger partial charge in [-0.25, -0.2) is 15.0 Å². The Morgan fingerprint density at radius 3 is 2.54 bits per heavy atom. The number of ether oxygens (including phenoxy) is 1. The molecule has 39 heavy (non-hydrogen) atoms. The number of fused-ring (bicyclic) bond motifs is 1. The molecule has 1 aromatic carbocycles. The molecule has 5 heterocycles. The van der Waals surface area contributed by atoms with Crippen LogP contribution < -0.4 is 10.1 Å². The summed E-state index contributed by atoms with van der Waals surface area (Å²) in [5, 5.41) is 7.66. The highest BCUT2D eigenvalue weighted by Crippen LogP contribution is 2.24. The molecule has 5 aromatic rings.